The zero-order chi connectivity index (χ0) is 8.55. The highest BCUT2D eigenvalue weighted by atomic mass is 19.1. The Kier molecular flexibility index (Phi) is 1.83. The van der Waals surface area contributed by atoms with E-state index in [1.54, 1.807) is 6.07 Å². The molecule has 0 saturated carbocycles. The third-order valence-corrected chi connectivity index (χ3v) is 2.19. The summed E-state index contributed by atoms with van der Waals surface area (Å²) in [5.74, 6) is -0.203. The van der Waals surface area contributed by atoms with Crippen molar-refractivity contribution in [2.45, 2.75) is 12.6 Å². The minimum atomic E-state index is -0.203. The van der Waals surface area contributed by atoms with Crippen molar-refractivity contribution in [1.82, 2.24) is 5.32 Å². The van der Waals surface area contributed by atoms with Crippen molar-refractivity contribution in [3.63, 3.8) is 0 Å². The molecule has 0 aromatic heterocycles. The van der Waals surface area contributed by atoms with Crippen LogP contribution < -0.4 is 11.1 Å². The summed E-state index contributed by atoms with van der Waals surface area (Å²) < 4.78 is 12.8. The molecule has 3 heteroatoms. The zero-order valence-corrected chi connectivity index (χ0v) is 6.68. The lowest BCUT2D eigenvalue weighted by atomic mass is 9.97. The van der Waals surface area contributed by atoms with Gasteiger partial charge in [0, 0.05) is 19.1 Å². The van der Waals surface area contributed by atoms with Crippen molar-refractivity contribution < 1.29 is 4.39 Å². The van der Waals surface area contributed by atoms with Gasteiger partial charge < -0.3 is 11.1 Å². The van der Waals surface area contributed by atoms with Crippen molar-refractivity contribution in [2.75, 3.05) is 6.54 Å². The van der Waals surface area contributed by atoms with Crippen LogP contribution in [0.1, 0.15) is 17.2 Å². The maximum absolute atomic E-state index is 12.8. The molecule has 64 valence electrons. The second-order valence-electron chi connectivity index (χ2n) is 3.08. The zero-order valence-electron chi connectivity index (χ0n) is 6.68. The van der Waals surface area contributed by atoms with E-state index in [2.05, 4.69) is 5.32 Å². The minimum absolute atomic E-state index is 0.0653. The number of rotatable bonds is 0. The van der Waals surface area contributed by atoms with Crippen LogP contribution in [0.2, 0.25) is 0 Å². The highest BCUT2D eigenvalue weighted by molar-refractivity contribution is 5.32. The normalized spacial score (nSPS) is 22.0. The van der Waals surface area contributed by atoms with E-state index in [-0.39, 0.29) is 11.9 Å². The van der Waals surface area contributed by atoms with Crippen molar-refractivity contribution in [2.24, 2.45) is 5.73 Å². The molecule has 1 aromatic rings. The molecule has 1 atom stereocenters. The summed E-state index contributed by atoms with van der Waals surface area (Å²) in [6.45, 7) is 1.53. The van der Waals surface area contributed by atoms with Gasteiger partial charge in [-0.3, -0.25) is 0 Å². The number of halogens is 1. The summed E-state index contributed by atoms with van der Waals surface area (Å²) in [7, 11) is 0. The van der Waals surface area contributed by atoms with Gasteiger partial charge in [-0.05, 0) is 23.3 Å². The minimum Gasteiger partial charge on any atom is -0.323 e. The van der Waals surface area contributed by atoms with Crippen molar-refractivity contribution in [3.05, 3.63) is 35.1 Å². The van der Waals surface area contributed by atoms with Gasteiger partial charge in [-0.2, -0.15) is 0 Å². The Morgan fingerprint density at radius 3 is 3.17 bits per heavy atom. The Morgan fingerprint density at radius 1 is 1.50 bits per heavy atom. The second kappa shape index (κ2) is 2.84. The first kappa shape index (κ1) is 7.71. The van der Waals surface area contributed by atoms with Crippen LogP contribution in [-0.2, 0) is 6.54 Å². The fourth-order valence-electron chi connectivity index (χ4n) is 1.54. The molecule has 3 N–H and O–H groups in total. The maximum Gasteiger partial charge on any atom is 0.123 e. The molecule has 2 rings (SSSR count). The number of fused-ring (bicyclic) bond motifs is 1. The molecule has 0 fully saturated rings. The molecule has 0 saturated heterocycles. The molecule has 1 heterocycles. The first-order valence-corrected chi connectivity index (χ1v) is 4.02. The molecule has 1 aliphatic rings. The average molecular weight is 166 g/mol. The average Bonchev–Trinajstić information content (AvgIpc) is 2.07. The number of benzene rings is 1. The SMILES string of the molecule is NC1CNCc2ccc(F)cc21. The van der Waals surface area contributed by atoms with E-state index in [1.165, 1.54) is 12.1 Å². The summed E-state index contributed by atoms with van der Waals surface area (Å²) in [4.78, 5) is 0. The third-order valence-electron chi connectivity index (χ3n) is 2.19. The van der Waals surface area contributed by atoms with E-state index in [0.29, 0.717) is 0 Å². The van der Waals surface area contributed by atoms with Crippen molar-refractivity contribution in [1.29, 1.82) is 0 Å². The highest BCUT2D eigenvalue weighted by Crippen LogP contribution is 2.20. The van der Waals surface area contributed by atoms with Crippen molar-refractivity contribution >= 4 is 0 Å². The number of nitrogens with one attached hydrogen (secondary N) is 1. The van der Waals surface area contributed by atoms with Gasteiger partial charge in [0.2, 0.25) is 0 Å². The third kappa shape index (κ3) is 1.21. The standard InChI is InChI=1S/C9H11FN2/c10-7-2-1-6-4-12-5-9(11)8(6)3-7/h1-3,9,12H,4-5,11H2. The van der Waals surface area contributed by atoms with E-state index >= 15 is 0 Å². The van der Waals surface area contributed by atoms with Crippen LogP contribution >= 0.6 is 0 Å². The lowest BCUT2D eigenvalue weighted by Crippen LogP contribution is -2.32. The van der Waals surface area contributed by atoms with Gasteiger partial charge in [0.15, 0.2) is 0 Å². The fraction of sp³-hybridized carbons (Fsp3) is 0.333. The largest absolute Gasteiger partial charge is 0.323 e. The van der Waals surface area contributed by atoms with Gasteiger partial charge >= 0.3 is 0 Å². The Hall–Kier alpha value is -0.930. The summed E-state index contributed by atoms with van der Waals surface area (Å²) in [6.07, 6.45) is 0. The predicted octanol–water partition coefficient (Wildman–Crippen LogP) is 0.929. The van der Waals surface area contributed by atoms with Crippen LogP contribution in [0, 0.1) is 5.82 Å². The summed E-state index contributed by atoms with van der Waals surface area (Å²) in [5, 5.41) is 3.16. The molecular weight excluding hydrogens is 155 g/mol. The van der Waals surface area contributed by atoms with Crippen LogP contribution in [0.4, 0.5) is 4.39 Å². The lowest BCUT2D eigenvalue weighted by molar-refractivity contribution is 0.545. The van der Waals surface area contributed by atoms with E-state index in [9.17, 15) is 4.39 Å². The van der Waals surface area contributed by atoms with Gasteiger partial charge in [0.1, 0.15) is 5.82 Å². The number of hydrogen-bond donors (Lipinski definition) is 2. The summed E-state index contributed by atoms with van der Waals surface area (Å²) in [5.41, 5.74) is 7.83. The topological polar surface area (TPSA) is 38.0 Å². The second-order valence-corrected chi connectivity index (χ2v) is 3.08. The molecule has 0 bridgehead atoms. The molecule has 1 aliphatic heterocycles. The van der Waals surface area contributed by atoms with Crippen molar-refractivity contribution in [3.8, 4) is 0 Å². The van der Waals surface area contributed by atoms with E-state index in [1.807, 2.05) is 0 Å². The molecule has 1 unspecified atom stereocenters. The van der Waals surface area contributed by atoms with E-state index < -0.39 is 0 Å². The van der Waals surface area contributed by atoms with Gasteiger partial charge in [-0.1, -0.05) is 6.07 Å². The molecule has 2 nitrogen and oxygen atoms in total. The molecule has 0 aliphatic carbocycles. The summed E-state index contributed by atoms with van der Waals surface area (Å²) in [6, 6.07) is 4.72. The van der Waals surface area contributed by atoms with Gasteiger partial charge in [-0.15, -0.1) is 0 Å². The van der Waals surface area contributed by atoms with Crippen LogP contribution in [0.3, 0.4) is 0 Å². The Morgan fingerprint density at radius 2 is 2.33 bits per heavy atom. The van der Waals surface area contributed by atoms with E-state index in [4.69, 9.17) is 5.73 Å². The van der Waals surface area contributed by atoms with Crippen LogP contribution in [0.25, 0.3) is 0 Å². The first-order valence-electron chi connectivity index (χ1n) is 4.02. The Bertz CT molecular complexity index is 299. The number of nitrogens with two attached hydrogens (primary N) is 1. The van der Waals surface area contributed by atoms with Gasteiger partial charge in [0.05, 0.1) is 0 Å². The quantitative estimate of drug-likeness (QED) is 0.601. The molecule has 0 spiro atoms. The van der Waals surface area contributed by atoms with E-state index in [0.717, 1.165) is 24.2 Å². The first-order chi connectivity index (χ1) is 5.77. The molecule has 0 radical (unpaired) electrons. The van der Waals surface area contributed by atoms with Crippen LogP contribution in [-0.4, -0.2) is 6.54 Å². The van der Waals surface area contributed by atoms with Crippen LogP contribution in [0.15, 0.2) is 18.2 Å². The summed E-state index contributed by atoms with van der Waals surface area (Å²) >= 11 is 0. The monoisotopic (exact) mass is 166 g/mol. The Balaban J connectivity index is 2.47. The molecule has 0 amide bonds. The van der Waals surface area contributed by atoms with Gasteiger partial charge in [-0.25, -0.2) is 4.39 Å². The molecular formula is C9H11FN2. The molecule has 12 heavy (non-hydrogen) atoms. The number of hydrogen-bond acceptors (Lipinski definition) is 2. The predicted molar refractivity (Wildman–Crippen MR) is 45.0 cm³/mol. The fourth-order valence-corrected chi connectivity index (χ4v) is 1.54. The molecule has 1 aromatic carbocycles. The lowest BCUT2D eigenvalue weighted by Gasteiger charge is -2.22. The van der Waals surface area contributed by atoms with Crippen LogP contribution in [0.5, 0.6) is 0 Å². The maximum atomic E-state index is 12.8. The highest BCUT2D eigenvalue weighted by Gasteiger charge is 2.15. The Labute approximate surface area is 70.6 Å². The smallest absolute Gasteiger partial charge is 0.123 e. The van der Waals surface area contributed by atoms with Gasteiger partial charge in [0.25, 0.3) is 0 Å².